The SMILES string of the molecule is Cc1c(C(=O)NC2CC3CCC(C2)N3)oc2c1C(=O)CCC2.Cl. The molecule has 0 saturated carbocycles. The Kier molecular flexibility index (Phi) is 4.52. The lowest BCUT2D eigenvalue weighted by atomic mass is 9.94. The van der Waals surface area contributed by atoms with E-state index >= 15 is 0 Å². The van der Waals surface area contributed by atoms with Gasteiger partial charge in [0, 0.05) is 36.5 Å². The van der Waals surface area contributed by atoms with Gasteiger partial charge >= 0.3 is 0 Å². The molecule has 4 rings (SSSR count). The largest absolute Gasteiger partial charge is 0.455 e. The van der Waals surface area contributed by atoms with E-state index in [1.54, 1.807) is 0 Å². The first kappa shape index (κ1) is 16.5. The molecule has 2 aliphatic heterocycles. The van der Waals surface area contributed by atoms with Crippen LogP contribution in [-0.2, 0) is 6.42 Å². The van der Waals surface area contributed by atoms with Crippen molar-refractivity contribution in [3.63, 3.8) is 0 Å². The molecular weight excluding hydrogens is 316 g/mol. The van der Waals surface area contributed by atoms with Crippen LogP contribution in [0.5, 0.6) is 0 Å². The van der Waals surface area contributed by atoms with Gasteiger partial charge in [-0.3, -0.25) is 9.59 Å². The summed E-state index contributed by atoms with van der Waals surface area (Å²) < 4.78 is 5.73. The molecule has 2 unspecified atom stereocenters. The smallest absolute Gasteiger partial charge is 0.287 e. The third-order valence-corrected chi connectivity index (χ3v) is 5.32. The van der Waals surface area contributed by atoms with E-state index < -0.39 is 0 Å². The molecule has 6 heteroatoms. The van der Waals surface area contributed by atoms with Gasteiger partial charge in [-0.25, -0.2) is 0 Å². The number of halogens is 1. The van der Waals surface area contributed by atoms with Gasteiger partial charge in [0.15, 0.2) is 11.5 Å². The molecule has 2 bridgehead atoms. The number of Topliss-reactive ketones (excluding diaryl/α,β-unsaturated/α-hetero) is 1. The average Bonchev–Trinajstić information content (AvgIpc) is 3.00. The molecule has 2 atom stereocenters. The Morgan fingerprint density at radius 2 is 1.91 bits per heavy atom. The van der Waals surface area contributed by atoms with Crippen LogP contribution >= 0.6 is 12.4 Å². The van der Waals surface area contributed by atoms with Crippen molar-refractivity contribution in [1.82, 2.24) is 10.6 Å². The molecule has 1 aromatic rings. The Hall–Kier alpha value is -1.33. The molecule has 0 spiro atoms. The topological polar surface area (TPSA) is 71.3 Å². The average molecular weight is 339 g/mol. The molecule has 1 aromatic heterocycles. The van der Waals surface area contributed by atoms with Crippen molar-refractivity contribution in [3.8, 4) is 0 Å². The van der Waals surface area contributed by atoms with Crippen molar-refractivity contribution < 1.29 is 14.0 Å². The second kappa shape index (κ2) is 6.29. The number of fused-ring (bicyclic) bond motifs is 3. The number of hydrogen-bond donors (Lipinski definition) is 2. The summed E-state index contributed by atoms with van der Waals surface area (Å²) in [7, 11) is 0. The lowest BCUT2D eigenvalue weighted by molar-refractivity contribution is 0.0890. The van der Waals surface area contributed by atoms with Crippen LogP contribution in [-0.4, -0.2) is 29.8 Å². The molecule has 126 valence electrons. The van der Waals surface area contributed by atoms with Crippen LogP contribution in [0.4, 0.5) is 0 Å². The molecule has 0 radical (unpaired) electrons. The Morgan fingerprint density at radius 3 is 2.57 bits per heavy atom. The van der Waals surface area contributed by atoms with Gasteiger partial charge in [-0.1, -0.05) is 0 Å². The zero-order valence-corrected chi connectivity index (χ0v) is 14.1. The zero-order valence-electron chi connectivity index (χ0n) is 13.3. The molecule has 1 aliphatic carbocycles. The number of aryl methyl sites for hydroxylation is 1. The lowest BCUT2D eigenvalue weighted by Crippen LogP contribution is -2.48. The minimum absolute atomic E-state index is 0. The van der Waals surface area contributed by atoms with Crippen molar-refractivity contribution in [2.45, 2.75) is 70.0 Å². The number of carbonyl (C=O) groups excluding carboxylic acids is 2. The molecule has 2 fully saturated rings. The molecule has 3 aliphatic rings. The summed E-state index contributed by atoms with van der Waals surface area (Å²) in [6, 6.07) is 1.29. The van der Waals surface area contributed by atoms with Crippen molar-refractivity contribution in [1.29, 1.82) is 0 Å². The fourth-order valence-corrected chi connectivity index (χ4v) is 4.29. The highest BCUT2D eigenvalue weighted by Crippen LogP contribution is 2.30. The van der Waals surface area contributed by atoms with Gasteiger partial charge < -0.3 is 15.1 Å². The van der Waals surface area contributed by atoms with Gasteiger partial charge in [0.05, 0.1) is 5.56 Å². The Morgan fingerprint density at radius 1 is 1.22 bits per heavy atom. The fraction of sp³-hybridized carbons (Fsp3) is 0.647. The molecule has 1 amide bonds. The summed E-state index contributed by atoms with van der Waals surface area (Å²) >= 11 is 0. The Labute approximate surface area is 142 Å². The maximum Gasteiger partial charge on any atom is 0.287 e. The second-order valence-electron chi connectivity index (χ2n) is 6.91. The van der Waals surface area contributed by atoms with Gasteiger partial charge in [-0.15, -0.1) is 12.4 Å². The Balaban J connectivity index is 0.00000156. The van der Waals surface area contributed by atoms with Crippen molar-refractivity contribution in [2.75, 3.05) is 0 Å². The van der Waals surface area contributed by atoms with Crippen molar-refractivity contribution >= 4 is 24.1 Å². The van der Waals surface area contributed by atoms with Gasteiger partial charge in [0.25, 0.3) is 5.91 Å². The zero-order chi connectivity index (χ0) is 15.3. The van der Waals surface area contributed by atoms with Crippen LogP contribution in [0.3, 0.4) is 0 Å². The number of piperidine rings is 1. The Bertz CT molecular complexity index is 628. The van der Waals surface area contributed by atoms with E-state index in [-0.39, 0.29) is 30.1 Å². The first-order valence-electron chi connectivity index (χ1n) is 8.34. The third-order valence-electron chi connectivity index (χ3n) is 5.32. The summed E-state index contributed by atoms with van der Waals surface area (Å²) in [6.07, 6.45) is 6.52. The highest BCUT2D eigenvalue weighted by atomic mass is 35.5. The number of furan rings is 1. The highest BCUT2D eigenvalue weighted by Gasteiger charge is 2.35. The molecule has 2 N–H and O–H groups in total. The summed E-state index contributed by atoms with van der Waals surface area (Å²) in [6.45, 7) is 1.83. The molecular formula is C17H23ClN2O3. The monoisotopic (exact) mass is 338 g/mol. The maximum absolute atomic E-state index is 12.6. The van der Waals surface area contributed by atoms with Gasteiger partial charge in [-0.2, -0.15) is 0 Å². The first-order valence-corrected chi connectivity index (χ1v) is 8.34. The number of ketones is 1. The number of nitrogens with one attached hydrogen (secondary N) is 2. The molecule has 2 saturated heterocycles. The number of amides is 1. The maximum atomic E-state index is 12.6. The lowest BCUT2D eigenvalue weighted by Gasteiger charge is -2.29. The van der Waals surface area contributed by atoms with Crippen LogP contribution in [0.1, 0.15) is 70.8 Å². The van der Waals surface area contributed by atoms with Crippen LogP contribution in [0.2, 0.25) is 0 Å². The summed E-state index contributed by atoms with van der Waals surface area (Å²) in [5, 5.41) is 6.69. The van der Waals surface area contributed by atoms with Gasteiger partial charge in [-0.05, 0) is 39.0 Å². The van der Waals surface area contributed by atoms with Crippen LogP contribution < -0.4 is 10.6 Å². The quantitative estimate of drug-likeness (QED) is 0.869. The van der Waals surface area contributed by atoms with E-state index in [4.69, 9.17) is 4.42 Å². The summed E-state index contributed by atoms with van der Waals surface area (Å²) in [5.41, 5.74) is 1.37. The minimum atomic E-state index is -0.161. The molecule has 3 heterocycles. The van der Waals surface area contributed by atoms with E-state index in [1.165, 1.54) is 12.8 Å². The number of carbonyl (C=O) groups is 2. The normalized spacial score (nSPS) is 28.9. The van der Waals surface area contributed by atoms with E-state index in [0.717, 1.165) is 25.7 Å². The van der Waals surface area contributed by atoms with E-state index in [9.17, 15) is 9.59 Å². The fourth-order valence-electron chi connectivity index (χ4n) is 4.29. The van der Waals surface area contributed by atoms with Crippen LogP contribution in [0, 0.1) is 6.92 Å². The third kappa shape index (κ3) is 2.92. The molecule has 0 aromatic carbocycles. The van der Waals surface area contributed by atoms with Crippen LogP contribution in [0.25, 0.3) is 0 Å². The standard InChI is InChI=1S/C17H22N2O3.ClH/c1-9-15-13(20)3-2-4-14(15)22-16(9)17(21)19-12-7-10-5-6-11(8-12)18-10;/h10-12,18H,2-8H2,1H3,(H,19,21);1H. The van der Waals surface area contributed by atoms with Gasteiger partial charge in [0.2, 0.25) is 0 Å². The predicted octanol–water partition coefficient (Wildman–Crippen LogP) is 2.54. The van der Waals surface area contributed by atoms with E-state index in [2.05, 4.69) is 10.6 Å². The van der Waals surface area contributed by atoms with Crippen LogP contribution in [0.15, 0.2) is 4.42 Å². The van der Waals surface area contributed by atoms with E-state index in [1.807, 2.05) is 6.92 Å². The van der Waals surface area contributed by atoms with Crippen molar-refractivity contribution in [2.24, 2.45) is 0 Å². The summed E-state index contributed by atoms with van der Waals surface area (Å²) in [5.74, 6) is 0.989. The minimum Gasteiger partial charge on any atom is -0.455 e. The first-order chi connectivity index (χ1) is 10.6. The number of rotatable bonds is 2. The predicted molar refractivity (Wildman–Crippen MR) is 88.4 cm³/mol. The van der Waals surface area contributed by atoms with E-state index in [0.29, 0.717) is 41.2 Å². The highest BCUT2D eigenvalue weighted by molar-refractivity contribution is 6.03. The molecule has 5 nitrogen and oxygen atoms in total. The second-order valence-corrected chi connectivity index (χ2v) is 6.91. The van der Waals surface area contributed by atoms with Crippen molar-refractivity contribution in [3.05, 3.63) is 22.6 Å². The summed E-state index contributed by atoms with van der Waals surface area (Å²) in [4.78, 5) is 24.6. The number of hydrogen-bond acceptors (Lipinski definition) is 4. The molecule has 23 heavy (non-hydrogen) atoms. The van der Waals surface area contributed by atoms with Gasteiger partial charge in [0.1, 0.15) is 5.76 Å².